The molecule has 3 rings (SSSR count). The number of hydrogen-bond acceptors (Lipinski definition) is 4. The number of carbonyl (C=O) groups excluding carboxylic acids is 2. The lowest BCUT2D eigenvalue weighted by Gasteiger charge is -2.14. The molecule has 0 aliphatic heterocycles. The van der Waals surface area contributed by atoms with Crippen LogP contribution in [0.1, 0.15) is 18.2 Å². The van der Waals surface area contributed by atoms with Gasteiger partial charge < -0.3 is 10.6 Å². The van der Waals surface area contributed by atoms with E-state index in [9.17, 15) is 9.59 Å². The number of nitrogens with one attached hydrogen (secondary N) is 3. The number of carbonyl (C=O) groups is 2. The van der Waals surface area contributed by atoms with Gasteiger partial charge in [0.25, 0.3) is 5.91 Å². The van der Waals surface area contributed by atoms with Gasteiger partial charge in [-0.15, -0.1) is 6.42 Å². The third-order valence-electron chi connectivity index (χ3n) is 4.35. The highest BCUT2D eigenvalue weighted by Crippen LogP contribution is 2.32. The predicted molar refractivity (Wildman–Crippen MR) is 113 cm³/mol. The Bertz CT molecular complexity index is 1120. The summed E-state index contributed by atoms with van der Waals surface area (Å²) in [5.41, 5.74) is 3.74. The largest absolute Gasteiger partial charge is 0.341 e. The van der Waals surface area contributed by atoms with E-state index >= 15 is 0 Å². The minimum atomic E-state index is -0.477. The maximum atomic E-state index is 11.9. The molecule has 3 amide bonds. The highest BCUT2D eigenvalue weighted by Gasteiger charge is 2.12. The summed E-state index contributed by atoms with van der Waals surface area (Å²) in [7, 11) is 0. The summed E-state index contributed by atoms with van der Waals surface area (Å²) in [4.78, 5) is 32.0. The molecule has 0 fully saturated rings. The van der Waals surface area contributed by atoms with Crippen LogP contribution in [0.3, 0.4) is 0 Å². The van der Waals surface area contributed by atoms with Crippen LogP contribution in [-0.4, -0.2) is 28.5 Å². The molecule has 7 heteroatoms. The summed E-state index contributed by atoms with van der Waals surface area (Å²) in [5.74, 6) is 2.00. The number of benzene rings is 1. The van der Waals surface area contributed by atoms with Gasteiger partial charge in [-0.2, -0.15) is 0 Å². The Kier molecular flexibility index (Phi) is 6.05. The number of amides is 3. The minimum absolute atomic E-state index is 0.278. The second-order valence-corrected chi connectivity index (χ2v) is 6.38. The number of hydrogen-bond donors (Lipinski definition) is 3. The molecule has 0 radical (unpaired) electrons. The van der Waals surface area contributed by atoms with E-state index in [4.69, 9.17) is 6.42 Å². The zero-order valence-corrected chi connectivity index (χ0v) is 16.2. The Labute approximate surface area is 169 Å². The molecular weight excluding hydrogens is 366 g/mol. The number of pyridine rings is 2. The van der Waals surface area contributed by atoms with Crippen LogP contribution in [0.25, 0.3) is 21.9 Å². The first kappa shape index (κ1) is 19.8. The maximum absolute atomic E-state index is 11.9. The fourth-order valence-electron chi connectivity index (χ4n) is 3.03. The van der Waals surface area contributed by atoms with Gasteiger partial charge in [0, 0.05) is 36.6 Å². The second-order valence-electron chi connectivity index (χ2n) is 6.38. The van der Waals surface area contributed by atoms with Crippen LogP contribution in [0.15, 0.2) is 42.7 Å². The summed E-state index contributed by atoms with van der Waals surface area (Å²) in [5, 5.41) is 9.85. The van der Waals surface area contributed by atoms with Gasteiger partial charge in [-0.25, -0.2) is 9.78 Å². The molecule has 3 N–H and O–H groups in total. The predicted octanol–water partition coefficient (Wildman–Crippen LogP) is 3.00. The minimum Gasteiger partial charge on any atom is -0.341 e. The first-order chi connectivity index (χ1) is 14.0. The molecule has 0 bridgehead atoms. The highest BCUT2D eigenvalue weighted by atomic mass is 16.2. The normalized spacial score (nSPS) is 10.2. The molecule has 2 heterocycles. The third kappa shape index (κ3) is 4.68. The van der Waals surface area contributed by atoms with Crippen molar-refractivity contribution in [2.45, 2.75) is 20.4 Å². The number of fused-ring (bicyclic) bond motifs is 1. The van der Waals surface area contributed by atoms with Crippen LogP contribution in [0.2, 0.25) is 0 Å². The van der Waals surface area contributed by atoms with E-state index in [0.29, 0.717) is 12.4 Å². The van der Waals surface area contributed by atoms with Gasteiger partial charge in [-0.3, -0.25) is 15.1 Å². The van der Waals surface area contributed by atoms with Crippen molar-refractivity contribution in [1.82, 2.24) is 20.6 Å². The van der Waals surface area contributed by atoms with Gasteiger partial charge >= 0.3 is 6.03 Å². The first-order valence-electron chi connectivity index (χ1n) is 9.15. The van der Waals surface area contributed by atoms with Crippen LogP contribution in [0, 0.1) is 19.3 Å². The van der Waals surface area contributed by atoms with Crippen molar-refractivity contribution in [2.75, 3.05) is 11.9 Å². The van der Waals surface area contributed by atoms with Crippen LogP contribution in [0.4, 0.5) is 10.6 Å². The average Bonchev–Trinajstić information content (AvgIpc) is 2.71. The van der Waals surface area contributed by atoms with E-state index in [0.717, 1.165) is 33.2 Å². The van der Waals surface area contributed by atoms with Crippen molar-refractivity contribution >= 4 is 28.5 Å². The topological polar surface area (TPSA) is 96.0 Å². The maximum Gasteiger partial charge on any atom is 0.320 e. The van der Waals surface area contributed by atoms with E-state index in [1.54, 1.807) is 12.4 Å². The highest BCUT2D eigenvalue weighted by molar-refractivity contribution is 6.01. The lowest BCUT2D eigenvalue weighted by Crippen LogP contribution is -2.28. The summed E-state index contributed by atoms with van der Waals surface area (Å²) in [6, 6.07) is 9.33. The Morgan fingerprint density at radius 1 is 1.10 bits per heavy atom. The Morgan fingerprint density at radius 2 is 1.93 bits per heavy atom. The second kappa shape index (κ2) is 8.85. The van der Waals surface area contributed by atoms with Gasteiger partial charge in [-0.1, -0.05) is 12.1 Å². The zero-order chi connectivity index (χ0) is 20.8. The molecule has 3 aromatic rings. The lowest BCUT2D eigenvalue weighted by atomic mass is 9.96. The number of aryl methyl sites for hydroxylation is 1. The molecule has 0 saturated heterocycles. The SMILES string of the molecule is C#CC(=O)NCc1ccc(-c2ccnc(C)c2)c2cc(NC(=O)NCC)ncc12. The van der Waals surface area contributed by atoms with Crippen molar-refractivity contribution in [3.63, 3.8) is 0 Å². The van der Waals surface area contributed by atoms with Crippen LogP contribution >= 0.6 is 0 Å². The van der Waals surface area contributed by atoms with E-state index in [2.05, 4.69) is 25.9 Å². The van der Waals surface area contributed by atoms with Gasteiger partial charge in [-0.05, 0) is 60.0 Å². The number of anilines is 1. The fraction of sp³-hybridized carbons (Fsp3) is 0.182. The first-order valence-corrected chi connectivity index (χ1v) is 9.15. The molecule has 29 heavy (non-hydrogen) atoms. The molecule has 7 nitrogen and oxygen atoms in total. The quantitative estimate of drug-likeness (QED) is 0.587. The van der Waals surface area contributed by atoms with Crippen LogP contribution in [0.5, 0.6) is 0 Å². The monoisotopic (exact) mass is 387 g/mol. The number of nitrogens with zero attached hydrogens (tertiary/aromatic N) is 2. The molecule has 0 aliphatic carbocycles. The number of terminal acetylenes is 1. The summed E-state index contributed by atoms with van der Waals surface area (Å²) >= 11 is 0. The lowest BCUT2D eigenvalue weighted by molar-refractivity contribution is -0.115. The van der Waals surface area contributed by atoms with Crippen LogP contribution < -0.4 is 16.0 Å². The van der Waals surface area contributed by atoms with Gasteiger partial charge in [0.05, 0.1) is 0 Å². The molecule has 0 unspecified atom stereocenters. The number of aromatic nitrogens is 2. The van der Waals surface area contributed by atoms with Gasteiger partial charge in [0.1, 0.15) is 5.82 Å². The molecule has 0 saturated carbocycles. The number of rotatable bonds is 5. The third-order valence-corrected chi connectivity index (χ3v) is 4.35. The van der Waals surface area contributed by atoms with E-state index in [1.165, 1.54) is 0 Å². The molecule has 0 aliphatic rings. The van der Waals surface area contributed by atoms with E-state index < -0.39 is 5.91 Å². The van der Waals surface area contributed by atoms with Crippen molar-refractivity contribution in [2.24, 2.45) is 0 Å². The van der Waals surface area contributed by atoms with Gasteiger partial charge in [0.2, 0.25) is 0 Å². The van der Waals surface area contributed by atoms with Crippen molar-refractivity contribution in [3.8, 4) is 23.5 Å². The van der Waals surface area contributed by atoms with E-state index in [-0.39, 0.29) is 12.6 Å². The smallest absolute Gasteiger partial charge is 0.320 e. The standard InChI is InChI=1S/C22H21N5O2/c1-4-21(28)26-12-16-6-7-17(15-8-9-24-14(3)10-15)18-11-20(25-13-19(16)18)27-22(29)23-5-2/h1,6-11,13H,5,12H2,2-3H3,(H,26,28)(H2,23,25,27,29). The van der Waals surface area contributed by atoms with Gasteiger partial charge in [0.15, 0.2) is 0 Å². The Balaban J connectivity index is 2.10. The van der Waals surface area contributed by atoms with Crippen molar-refractivity contribution < 1.29 is 9.59 Å². The summed E-state index contributed by atoms with van der Waals surface area (Å²) in [6.45, 7) is 4.56. The summed E-state index contributed by atoms with van der Waals surface area (Å²) < 4.78 is 0. The fourth-order valence-corrected chi connectivity index (χ4v) is 3.03. The Hall–Kier alpha value is -3.92. The number of urea groups is 1. The van der Waals surface area contributed by atoms with Crippen molar-refractivity contribution in [1.29, 1.82) is 0 Å². The molecular formula is C22H21N5O2. The van der Waals surface area contributed by atoms with Crippen LogP contribution in [-0.2, 0) is 11.3 Å². The Morgan fingerprint density at radius 3 is 2.66 bits per heavy atom. The summed E-state index contributed by atoms with van der Waals surface area (Å²) in [6.07, 6.45) is 8.57. The van der Waals surface area contributed by atoms with E-state index in [1.807, 2.05) is 50.1 Å². The molecule has 2 aromatic heterocycles. The average molecular weight is 387 g/mol. The molecule has 1 aromatic carbocycles. The molecule has 0 atom stereocenters. The van der Waals surface area contributed by atoms with Crippen molar-refractivity contribution in [3.05, 3.63) is 54.0 Å². The molecule has 146 valence electrons. The molecule has 0 spiro atoms. The zero-order valence-electron chi connectivity index (χ0n) is 16.2.